The predicted molar refractivity (Wildman–Crippen MR) is 78.0 cm³/mol. The Balaban J connectivity index is 2.17. The lowest BCUT2D eigenvalue weighted by Crippen LogP contribution is -2.15. The second-order valence-corrected chi connectivity index (χ2v) is 5.55. The molecule has 1 aromatic rings. The normalized spacial score (nSPS) is 20.3. The Morgan fingerprint density at radius 2 is 1.83 bits per heavy atom. The summed E-state index contributed by atoms with van der Waals surface area (Å²) in [7, 11) is 0. The van der Waals surface area contributed by atoms with Gasteiger partial charge in [-0.15, -0.1) is 0 Å². The highest BCUT2D eigenvalue weighted by Gasteiger charge is 2.25. The summed E-state index contributed by atoms with van der Waals surface area (Å²) in [6.07, 6.45) is 3.21. The van der Waals surface area contributed by atoms with Gasteiger partial charge in [0.1, 0.15) is 17.9 Å². The van der Waals surface area contributed by atoms with Gasteiger partial charge in [0, 0.05) is 18.1 Å². The van der Waals surface area contributed by atoms with Crippen molar-refractivity contribution in [3.8, 4) is 5.75 Å². The van der Waals surface area contributed by atoms with E-state index in [-0.39, 0.29) is 24.4 Å². The van der Waals surface area contributed by atoms with Crippen LogP contribution in [-0.4, -0.2) is 23.5 Å². The molecule has 0 atom stereocenters. The van der Waals surface area contributed by atoms with Crippen molar-refractivity contribution in [1.29, 1.82) is 0 Å². The number of Topliss-reactive ketones (excluding diaryl/α,β-unsaturated/α-hetero) is 1. The molecule has 0 radical (unpaired) electrons. The van der Waals surface area contributed by atoms with E-state index in [0.717, 1.165) is 12.1 Å². The van der Waals surface area contributed by atoms with E-state index >= 15 is 0 Å². The average molecular weight is 320 g/mol. The van der Waals surface area contributed by atoms with Crippen LogP contribution in [0, 0.1) is 11.6 Å². The Morgan fingerprint density at radius 3 is 2.57 bits per heavy atom. The number of carboxylic acid groups (broad SMARTS) is 1. The first-order chi connectivity index (χ1) is 11.0. The molecule has 0 fully saturated rings. The van der Waals surface area contributed by atoms with E-state index < -0.39 is 23.4 Å². The molecular formula is C17H14F2O4. The Labute approximate surface area is 131 Å². The van der Waals surface area contributed by atoms with Gasteiger partial charge in [0.25, 0.3) is 0 Å². The lowest BCUT2D eigenvalue weighted by atomic mass is 9.92. The number of ether oxygens (including phenoxy) is 1. The first-order valence-corrected chi connectivity index (χ1v) is 7.30. The molecule has 1 aliphatic carbocycles. The van der Waals surface area contributed by atoms with E-state index in [9.17, 15) is 23.5 Å². The Kier molecular flexibility index (Phi) is 3.98. The van der Waals surface area contributed by atoms with E-state index in [0.29, 0.717) is 36.0 Å². The number of halogens is 2. The summed E-state index contributed by atoms with van der Waals surface area (Å²) in [5, 5.41) is 9.22. The summed E-state index contributed by atoms with van der Waals surface area (Å²) < 4.78 is 32.3. The van der Waals surface area contributed by atoms with Gasteiger partial charge in [-0.25, -0.2) is 13.6 Å². The number of carboxylic acids is 1. The Bertz CT molecular complexity index is 762. The van der Waals surface area contributed by atoms with Crippen LogP contribution in [0.5, 0.6) is 5.75 Å². The molecule has 2 aliphatic rings. The van der Waals surface area contributed by atoms with Crippen LogP contribution in [0.1, 0.15) is 31.2 Å². The van der Waals surface area contributed by atoms with Crippen molar-refractivity contribution in [3.63, 3.8) is 0 Å². The van der Waals surface area contributed by atoms with E-state index in [4.69, 9.17) is 4.74 Å². The first kappa shape index (κ1) is 15.4. The largest absolute Gasteiger partial charge is 0.488 e. The van der Waals surface area contributed by atoms with Crippen molar-refractivity contribution < 1.29 is 28.2 Å². The molecule has 6 heteroatoms. The monoisotopic (exact) mass is 320 g/mol. The van der Waals surface area contributed by atoms with Crippen LogP contribution in [0.3, 0.4) is 0 Å². The zero-order valence-electron chi connectivity index (χ0n) is 12.2. The van der Waals surface area contributed by atoms with Gasteiger partial charge in [0.15, 0.2) is 17.4 Å². The van der Waals surface area contributed by atoms with Gasteiger partial charge in [-0.2, -0.15) is 0 Å². The molecule has 1 N–H and O–H groups in total. The maximum Gasteiger partial charge on any atom is 0.339 e. The van der Waals surface area contributed by atoms with Crippen molar-refractivity contribution in [3.05, 3.63) is 46.6 Å². The SMILES string of the molecule is O=C(O)/C1=C/C2=C(CCCCC1=O)c1cc(F)c(F)cc1OC2. The third-order valence-electron chi connectivity index (χ3n) is 4.05. The second-order valence-electron chi connectivity index (χ2n) is 5.55. The number of aliphatic carboxylic acids is 1. The zero-order chi connectivity index (χ0) is 16.6. The van der Waals surface area contributed by atoms with Crippen molar-refractivity contribution in [1.82, 2.24) is 0 Å². The van der Waals surface area contributed by atoms with Crippen LogP contribution >= 0.6 is 0 Å². The highest BCUT2D eigenvalue weighted by Crippen LogP contribution is 2.38. The minimum atomic E-state index is -1.29. The maximum atomic E-state index is 13.6. The Morgan fingerprint density at radius 1 is 1.13 bits per heavy atom. The minimum Gasteiger partial charge on any atom is -0.488 e. The molecule has 1 heterocycles. The number of carbonyl (C=O) groups excluding carboxylic acids is 1. The molecule has 1 aliphatic heterocycles. The zero-order valence-corrected chi connectivity index (χ0v) is 12.2. The lowest BCUT2D eigenvalue weighted by Gasteiger charge is -2.23. The molecule has 120 valence electrons. The summed E-state index contributed by atoms with van der Waals surface area (Å²) in [5.74, 6) is -3.46. The van der Waals surface area contributed by atoms with Crippen LogP contribution in [0.2, 0.25) is 0 Å². The van der Waals surface area contributed by atoms with E-state index in [1.807, 2.05) is 0 Å². The van der Waals surface area contributed by atoms with E-state index in [2.05, 4.69) is 0 Å². The smallest absolute Gasteiger partial charge is 0.339 e. The fraction of sp³-hybridized carbons (Fsp3) is 0.294. The molecular weight excluding hydrogens is 306 g/mol. The molecule has 1 aromatic carbocycles. The second kappa shape index (κ2) is 5.95. The number of hydrogen-bond acceptors (Lipinski definition) is 3. The van der Waals surface area contributed by atoms with Gasteiger partial charge in [-0.1, -0.05) is 0 Å². The van der Waals surface area contributed by atoms with Crippen LogP contribution in [0.15, 0.2) is 29.4 Å². The third kappa shape index (κ3) is 2.88. The van der Waals surface area contributed by atoms with E-state index in [1.54, 1.807) is 0 Å². The lowest BCUT2D eigenvalue weighted by molar-refractivity contribution is -0.134. The molecule has 23 heavy (non-hydrogen) atoms. The minimum absolute atomic E-state index is 0.0253. The molecule has 0 spiro atoms. The number of ketones is 1. The maximum absolute atomic E-state index is 13.6. The van der Waals surface area contributed by atoms with E-state index in [1.165, 1.54) is 6.08 Å². The number of hydrogen-bond donors (Lipinski definition) is 1. The molecule has 0 saturated carbocycles. The number of carbonyl (C=O) groups is 2. The summed E-state index contributed by atoms with van der Waals surface area (Å²) in [4.78, 5) is 23.3. The fourth-order valence-corrected chi connectivity index (χ4v) is 2.88. The quantitative estimate of drug-likeness (QED) is 0.807. The number of benzene rings is 1. The van der Waals surface area contributed by atoms with Gasteiger partial charge in [-0.3, -0.25) is 4.79 Å². The summed E-state index contributed by atoms with van der Waals surface area (Å²) in [5.41, 5.74) is 1.35. The molecule has 0 bridgehead atoms. The van der Waals surface area contributed by atoms with Crippen molar-refractivity contribution >= 4 is 17.3 Å². The predicted octanol–water partition coefficient (Wildman–Crippen LogP) is 3.26. The number of rotatable bonds is 1. The van der Waals surface area contributed by atoms with Crippen molar-refractivity contribution in [2.24, 2.45) is 0 Å². The first-order valence-electron chi connectivity index (χ1n) is 7.30. The van der Waals surface area contributed by atoms with Gasteiger partial charge in [0.2, 0.25) is 0 Å². The number of allylic oxidation sites excluding steroid dienone is 1. The van der Waals surface area contributed by atoms with Gasteiger partial charge < -0.3 is 9.84 Å². The fourth-order valence-electron chi connectivity index (χ4n) is 2.88. The topological polar surface area (TPSA) is 63.6 Å². The standard InChI is InChI=1S/C17H14F2O4/c18-13-6-11-10-3-1-2-4-15(20)12(17(21)22)5-9(10)8-23-16(11)7-14(13)19/h5-7H,1-4,8H2,(H,21,22)/b12-5+. The average Bonchev–Trinajstić information content (AvgIpc) is 2.58. The highest BCUT2D eigenvalue weighted by atomic mass is 19.2. The summed E-state index contributed by atoms with van der Waals surface area (Å²) in [6.45, 7) is 0.0253. The van der Waals surface area contributed by atoms with Gasteiger partial charge in [0.05, 0.1) is 0 Å². The molecule has 3 rings (SSSR count). The molecule has 0 aromatic heterocycles. The molecule has 0 amide bonds. The number of fused-ring (bicyclic) bond motifs is 2. The summed E-state index contributed by atoms with van der Waals surface area (Å²) in [6, 6.07) is 2.06. The molecule has 0 saturated heterocycles. The van der Waals surface area contributed by atoms with Crippen LogP contribution in [-0.2, 0) is 9.59 Å². The van der Waals surface area contributed by atoms with Crippen LogP contribution in [0.25, 0.3) is 5.57 Å². The Hall–Kier alpha value is -2.50. The van der Waals surface area contributed by atoms with Crippen LogP contribution in [0.4, 0.5) is 8.78 Å². The van der Waals surface area contributed by atoms with Crippen LogP contribution < -0.4 is 4.74 Å². The van der Waals surface area contributed by atoms with Gasteiger partial charge in [-0.05, 0) is 42.6 Å². The van der Waals surface area contributed by atoms with Crippen molar-refractivity contribution in [2.75, 3.05) is 6.61 Å². The third-order valence-corrected chi connectivity index (χ3v) is 4.05. The molecule has 0 unspecified atom stereocenters. The molecule has 4 nitrogen and oxygen atoms in total. The van der Waals surface area contributed by atoms with Crippen molar-refractivity contribution in [2.45, 2.75) is 25.7 Å². The van der Waals surface area contributed by atoms with Gasteiger partial charge >= 0.3 is 5.97 Å². The summed E-state index contributed by atoms with van der Waals surface area (Å²) >= 11 is 0. The highest BCUT2D eigenvalue weighted by molar-refractivity contribution is 6.17.